The molecule has 2 atom stereocenters. The van der Waals surface area contributed by atoms with Gasteiger partial charge >= 0.3 is 0 Å². The van der Waals surface area contributed by atoms with Crippen molar-refractivity contribution in [2.75, 3.05) is 18.5 Å². The molecule has 2 aliphatic rings. The third-order valence-corrected chi connectivity index (χ3v) is 4.38. The molecule has 2 unspecified atom stereocenters. The monoisotopic (exact) mass is 317 g/mol. The Labute approximate surface area is 135 Å². The van der Waals surface area contributed by atoms with Crippen molar-refractivity contribution in [3.8, 4) is 0 Å². The fourth-order valence-electron chi connectivity index (χ4n) is 2.86. The Morgan fingerprint density at radius 1 is 1.30 bits per heavy atom. The van der Waals surface area contributed by atoms with E-state index in [1.807, 2.05) is 0 Å². The van der Waals surface area contributed by atoms with Crippen LogP contribution in [0.1, 0.15) is 36.0 Å². The van der Waals surface area contributed by atoms with Gasteiger partial charge in [-0.3, -0.25) is 9.59 Å². The quantitative estimate of drug-likeness (QED) is 0.736. The van der Waals surface area contributed by atoms with Gasteiger partial charge in [0.2, 0.25) is 0 Å². The van der Waals surface area contributed by atoms with Crippen LogP contribution in [-0.2, 0) is 9.53 Å². The van der Waals surface area contributed by atoms with Crippen LogP contribution in [0.3, 0.4) is 0 Å². The maximum Gasteiger partial charge on any atom is 0.253 e. The van der Waals surface area contributed by atoms with Crippen LogP contribution in [0.5, 0.6) is 0 Å². The van der Waals surface area contributed by atoms with Gasteiger partial charge < -0.3 is 21.1 Å². The molecule has 1 saturated carbocycles. The van der Waals surface area contributed by atoms with E-state index in [9.17, 15) is 9.59 Å². The Kier molecular flexibility index (Phi) is 4.93. The van der Waals surface area contributed by atoms with Crippen LogP contribution in [0, 0.1) is 5.92 Å². The highest BCUT2D eigenvalue weighted by Gasteiger charge is 2.31. The molecule has 1 heterocycles. The second-order valence-corrected chi connectivity index (χ2v) is 6.22. The molecule has 0 bridgehead atoms. The summed E-state index contributed by atoms with van der Waals surface area (Å²) in [4.78, 5) is 24.4. The lowest BCUT2D eigenvalue weighted by molar-refractivity contribution is -0.124. The minimum Gasteiger partial charge on any atom is -0.368 e. The SMILES string of the molecule is NCC(NC(=O)c1cccc(NC(=O)C2CCCO2)c1)C1CC1. The predicted molar refractivity (Wildman–Crippen MR) is 87.1 cm³/mol. The topological polar surface area (TPSA) is 93.5 Å². The highest BCUT2D eigenvalue weighted by Crippen LogP contribution is 2.32. The van der Waals surface area contributed by atoms with Crippen molar-refractivity contribution in [1.29, 1.82) is 0 Å². The van der Waals surface area contributed by atoms with E-state index in [2.05, 4.69) is 10.6 Å². The molecule has 1 aliphatic heterocycles. The number of ether oxygens (including phenoxy) is 1. The summed E-state index contributed by atoms with van der Waals surface area (Å²) in [5.41, 5.74) is 6.85. The van der Waals surface area contributed by atoms with Crippen LogP contribution in [-0.4, -0.2) is 37.1 Å². The summed E-state index contributed by atoms with van der Waals surface area (Å²) in [6.45, 7) is 1.08. The Morgan fingerprint density at radius 3 is 2.78 bits per heavy atom. The van der Waals surface area contributed by atoms with Gasteiger partial charge in [0.1, 0.15) is 6.10 Å². The molecule has 6 heteroatoms. The first-order chi connectivity index (χ1) is 11.2. The predicted octanol–water partition coefficient (Wildman–Crippen LogP) is 1.27. The molecular formula is C17H23N3O3. The van der Waals surface area contributed by atoms with E-state index >= 15 is 0 Å². The van der Waals surface area contributed by atoms with Crippen LogP contribution in [0.2, 0.25) is 0 Å². The second-order valence-electron chi connectivity index (χ2n) is 6.22. The molecule has 4 N–H and O–H groups in total. The van der Waals surface area contributed by atoms with Crippen LogP contribution in [0.4, 0.5) is 5.69 Å². The number of nitrogens with two attached hydrogens (primary N) is 1. The molecule has 23 heavy (non-hydrogen) atoms. The summed E-state index contributed by atoms with van der Waals surface area (Å²) in [5, 5.41) is 5.79. The van der Waals surface area contributed by atoms with Gasteiger partial charge in [0.15, 0.2) is 0 Å². The van der Waals surface area contributed by atoms with Gasteiger partial charge in [0, 0.05) is 30.4 Å². The zero-order valence-corrected chi connectivity index (χ0v) is 13.1. The number of amides is 2. The first kappa shape index (κ1) is 16.0. The summed E-state index contributed by atoms with van der Waals surface area (Å²) in [5.74, 6) is 0.199. The average molecular weight is 317 g/mol. The van der Waals surface area contributed by atoms with Gasteiger partial charge in [-0.25, -0.2) is 0 Å². The zero-order valence-electron chi connectivity index (χ0n) is 13.1. The first-order valence-electron chi connectivity index (χ1n) is 8.21. The second kappa shape index (κ2) is 7.10. The number of hydrogen-bond donors (Lipinski definition) is 3. The summed E-state index contributed by atoms with van der Waals surface area (Å²) in [7, 11) is 0. The number of anilines is 1. The first-order valence-corrected chi connectivity index (χ1v) is 8.21. The lowest BCUT2D eigenvalue weighted by Crippen LogP contribution is -2.41. The molecule has 124 valence electrons. The van der Waals surface area contributed by atoms with E-state index in [1.54, 1.807) is 24.3 Å². The Balaban J connectivity index is 1.61. The Bertz CT molecular complexity index is 580. The Hall–Kier alpha value is -1.92. The van der Waals surface area contributed by atoms with Crippen molar-refractivity contribution in [1.82, 2.24) is 5.32 Å². The van der Waals surface area contributed by atoms with E-state index in [0.717, 1.165) is 25.7 Å². The van der Waals surface area contributed by atoms with Crippen molar-refractivity contribution in [2.24, 2.45) is 11.7 Å². The highest BCUT2D eigenvalue weighted by molar-refractivity contribution is 5.98. The van der Waals surface area contributed by atoms with Gasteiger partial charge in [-0.1, -0.05) is 6.07 Å². The highest BCUT2D eigenvalue weighted by atomic mass is 16.5. The van der Waals surface area contributed by atoms with Crippen molar-refractivity contribution in [2.45, 2.75) is 37.8 Å². The van der Waals surface area contributed by atoms with Gasteiger partial charge in [0.05, 0.1) is 0 Å². The van der Waals surface area contributed by atoms with Crippen molar-refractivity contribution < 1.29 is 14.3 Å². The zero-order chi connectivity index (χ0) is 16.2. The van der Waals surface area contributed by atoms with Gasteiger partial charge in [0.25, 0.3) is 11.8 Å². The number of carbonyl (C=O) groups excluding carboxylic acids is 2. The van der Waals surface area contributed by atoms with Crippen LogP contribution in [0.25, 0.3) is 0 Å². The van der Waals surface area contributed by atoms with E-state index < -0.39 is 0 Å². The average Bonchev–Trinajstić information content (AvgIpc) is 3.25. The molecule has 0 radical (unpaired) electrons. The molecule has 2 fully saturated rings. The van der Waals surface area contributed by atoms with Crippen molar-refractivity contribution in [3.05, 3.63) is 29.8 Å². The van der Waals surface area contributed by atoms with Gasteiger partial charge in [-0.05, 0) is 49.8 Å². The smallest absolute Gasteiger partial charge is 0.253 e. The number of nitrogens with one attached hydrogen (secondary N) is 2. The standard InChI is InChI=1S/C17H23N3O3/c18-10-14(11-6-7-11)20-16(21)12-3-1-4-13(9-12)19-17(22)15-5-2-8-23-15/h1,3-4,9,11,14-15H,2,5-8,10,18H2,(H,19,22)(H,20,21). The number of rotatable bonds is 6. The maximum atomic E-state index is 12.3. The molecule has 6 nitrogen and oxygen atoms in total. The largest absolute Gasteiger partial charge is 0.368 e. The lowest BCUT2D eigenvalue weighted by atomic mass is 10.1. The molecule has 1 aliphatic carbocycles. The normalized spacial score (nSPS) is 21.7. The third-order valence-electron chi connectivity index (χ3n) is 4.38. The number of benzene rings is 1. The summed E-state index contributed by atoms with van der Waals surface area (Å²) >= 11 is 0. The molecule has 3 rings (SSSR count). The summed E-state index contributed by atoms with van der Waals surface area (Å²) in [6.07, 6.45) is 3.51. The fraction of sp³-hybridized carbons (Fsp3) is 0.529. The van der Waals surface area contributed by atoms with E-state index in [0.29, 0.717) is 30.3 Å². The molecule has 1 saturated heterocycles. The molecule has 1 aromatic rings. The molecule has 0 aromatic heterocycles. The van der Waals surface area contributed by atoms with Gasteiger partial charge in [-0.15, -0.1) is 0 Å². The lowest BCUT2D eigenvalue weighted by Gasteiger charge is -2.16. The Morgan fingerprint density at radius 2 is 2.13 bits per heavy atom. The molecular weight excluding hydrogens is 294 g/mol. The van der Waals surface area contributed by atoms with Crippen LogP contribution < -0.4 is 16.4 Å². The molecule has 1 aromatic carbocycles. The van der Waals surface area contributed by atoms with Crippen molar-refractivity contribution in [3.63, 3.8) is 0 Å². The van der Waals surface area contributed by atoms with Crippen molar-refractivity contribution >= 4 is 17.5 Å². The minimum absolute atomic E-state index is 0.0348. The molecule has 2 amide bonds. The summed E-state index contributed by atoms with van der Waals surface area (Å²) < 4.78 is 5.36. The van der Waals surface area contributed by atoms with Gasteiger partial charge in [-0.2, -0.15) is 0 Å². The number of carbonyl (C=O) groups is 2. The maximum absolute atomic E-state index is 12.3. The third kappa shape index (κ3) is 4.09. The summed E-state index contributed by atoms with van der Waals surface area (Å²) in [6, 6.07) is 6.98. The van der Waals surface area contributed by atoms with E-state index in [1.165, 1.54) is 0 Å². The number of hydrogen-bond acceptors (Lipinski definition) is 4. The fourth-order valence-corrected chi connectivity index (χ4v) is 2.86. The van der Waals surface area contributed by atoms with E-state index in [-0.39, 0.29) is 24.0 Å². The van der Waals surface area contributed by atoms with E-state index in [4.69, 9.17) is 10.5 Å². The minimum atomic E-state index is -0.385. The van der Waals surface area contributed by atoms with Crippen LogP contribution >= 0.6 is 0 Å². The molecule has 0 spiro atoms. The van der Waals surface area contributed by atoms with Crippen LogP contribution in [0.15, 0.2) is 24.3 Å².